The smallest absolute Gasteiger partial charge is 0.414 e. The minimum absolute atomic E-state index is 0. The maximum atomic E-state index is 14.3. The molecule has 0 unspecified atom stereocenters. The van der Waals surface area contributed by atoms with Crippen LogP contribution in [-0.4, -0.2) is 69.8 Å². The van der Waals surface area contributed by atoms with Crippen LogP contribution in [0.2, 0.25) is 0 Å². The second-order valence-corrected chi connectivity index (χ2v) is 25.8. The number of halogens is 2. The third-order valence-electron chi connectivity index (χ3n) is 13.8. The highest BCUT2D eigenvalue weighted by molar-refractivity contribution is 5.97. The molecule has 16 nitrogen and oxygen atoms in total. The third kappa shape index (κ3) is 17.0. The Morgan fingerprint density at radius 2 is 0.698 bits per heavy atom. The normalized spacial score (nSPS) is 11.9. The fraction of sp³-hybridized carbons (Fsp3) is 0.412. The summed E-state index contributed by atoms with van der Waals surface area (Å²) in [5, 5.41) is 5.90. The van der Waals surface area contributed by atoms with Crippen LogP contribution in [0.5, 0.6) is 0 Å². The minimum Gasteiger partial charge on any atom is -1.00 e. The summed E-state index contributed by atoms with van der Waals surface area (Å²) >= 11 is 0. The standard InChI is InChI=1S/C68H82N8O8.2ClH/c1-43-35-51-57(39-49(43)71-61(77)81-65(5,6)7)75(47-29-23-21-24-30-47)59-41-55(45(3)37-53(59)69-51)73(63(79)83-67(11,12)13)33-27-19-17-18-20-28-34-74(64(80)84-68(14,15)16)56-42-60-54(38-46(56)4)70-52-36-44(2)50(72-62(78)82-66(8,9)10)40-58(52)76(60)48-31-25-22-26-32-48;;/h21-26,29-32,35-42H,17-20,27-28,33-34H2,1-16H3;2*1H. The Balaban J connectivity index is 0.00000591. The number of aromatic nitrogens is 4. The number of unbranched alkanes of at least 4 members (excludes halogenated alkanes) is 5. The quantitative estimate of drug-likeness (QED) is 0.0436. The van der Waals surface area contributed by atoms with E-state index in [1.807, 2.05) is 220 Å². The Morgan fingerprint density at radius 3 is 1.01 bits per heavy atom. The molecule has 0 aliphatic carbocycles. The number of fused-ring (bicyclic) bond motifs is 4. The predicted molar refractivity (Wildman–Crippen MR) is 335 cm³/mol. The van der Waals surface area contributed by atoms with Gasteiger partial charge in [-0.1, -0.05) is 62.1 Å². The van der Waals surface area contributed by atoms with E-state index >= 15 is 0 Å². The summed E-state index contributed by atoms with van der Waals surface area (Å²) < 4.78 is 27.6. The largest absolute Gasteiger partial charge is 1.00 e. The monoisotopic (exact) mass is 1210 g/mol. The molecule has 0 atom stereocenters. The molecule has 2 aromatic heterocycles. The highest BCUT2D eigenvalue weighted by Crippen LogP contribution is 2.33. The number of ether oxygens (including phenoxy) is 4. The number of nitrogens with zero attached hydrogens (tertiary/aromatic N) is 6. The third-order valence-corrected chi connectivity index (χ3v) is 13.8. The first-order valence-corrected chi connectivity index (χ1v) is 29.2. The van der Waals surface area contributed by atoms with Crippen molar-refractivity contribution in [2.45, 2.75) is 172 Å². The predicted octanol–water partition coefficient (Wildman–Crippen LogP) is 10.1. The Kier molecular flexibility index (Phi) is 21.3. The average Bonchev–Trinajstić information content (AvgIpc) is 0.916. The minimum atomic E-state index is -0.741. The number of carbonyl (C=O) groups excluding carboxylic acids is 4. The Labute approximate surface area is 518 Å². The van der Waals surface area contributed by atoms with Crippen molar-refractivity contribution in [2.24, 2.45) is 0 Å². The summed E-state index contributed by atoms with van der Waals surface area (Å²) in [4.78, 5) is 68.5. The number of para-hydroxylation sites is 2. The molecule has 0 saturated carbocycles. The zero-order valence-electron chi connectivity index (χ0n) is 52.8. The summed E-state index contributed by atoms with van der Waals surface area (Å²) in [7, 11) is 0. The molecule has 8 rings (SSSR count). The van der Waals surface area contributed by atoms with Gasteiger partial charge in [0.15, 0.2) is 0 Å². The van der Waals surface area contributed by atoms with Crippen molar-refractivity contribution in [3.8, 4) is 11.4 Å². The number of anilines is 4. The van der Waals surface area contributed by atoms with Crippen LogP contribution in [0.25, 0.3) is 55.5 Å². The molecule has 0 spiro atoms. The van der Waals surface area contributed by atoms with E-state index in [2.05, 4.69) is 19.8 Å². The summed E-state index contributed by atoms with van der Waals surface area (Å²) in [6, 6.07) is 35.8. The maximum absolute atomic E-state index is 14.3. The van der Waals surface area contributed by atoms with Crippen LogP contribution in [-0.2, 0) is 18.9 Å². The number of carbonyl (C=O) groups is 4. The molecule has 6 aromatic carbocycles. The van der Waals surface area contributed by atoms with Crippen molar-refractivity contribution >= 4 is 91.3 Å². The Hall–Kier alpha value is -7.82. The molecular formula is C68H84Cl2N8O8. The van der Waals surface area contributed by atoms with Crippen molar-refractivity contribution in [1.29, 1.82) is 0 Å². The van der Waals surface area contributed by atoms with Gasteiger partial charge in [-0.25, -0.2) is 29.1 Å². The lowest BCUT2D eigenvalue weighted by Gasteiger charge is -2.29. The van der Waals surface area contributed by atoms with Gasteiger partial charge in [-0.2, -0.15) is 0 Å². The van der Waals surface area contributed by atoms with E-state index < -0.39 is 46.8 Å². The average molecular weight is 1210 g/mol. The molecule has 4 amide bonds. The zero-order chi connectivity index (χ0) is 61.1. The van der Waals surface area contributed by atoms with Gasteiger partial charge in [-0.3, -0.25) is 20.4 Å². The summed E-state index contributed by atoms with van der Waals surface area (Å²) in [6.45, 7) is 30.9. The molecule has 18 heteroatoms. The molecule has 8 aromatic rings. The SMILES string of the molecule is Cc1cc2nc3cc(C)c(N(CCCCCCCCN(C(=O)OC(C)(C)C)c4cc5c(cc4C)nc4cc(C)c(NC(=O)OC(C)(C)C)cc4[n+]5-c4ccccc4)C(=O)OC(C)(C)C)cc3[n+](-c3ccccc3)c2cc1NC(=O)OC(C)(C)C.[Cl-].[Cl-]. The van der Waals surface area contributed by atoms with Gasteiger partial charge in [0.2, 0.25) is 33.4 Å². The highest BCUT2D eigenvalue weighted by atomic mass is 35.5. The van der Waals surface area contributed by atoms with E-state index in [4.69, 9.17) is 28.9 Å². The van der Waals surface area contributed by atoms with Crippen molar-refractivity contribution < 1.29 is 72.1 Å². The Morgan fingerprint density at radius 1 is 0.407 bits per heavy atom. The van der Waals surface area contributed by atoms with Crippen LogP contribution in [0.3, 0.4) is 0 Å². The Bertz CT molecular complexity index is 3530. The molecule has 2 heterocycles. The fourth-order valence-corrected chi connectivity index (χ4v) is 10.2. The number of aryl methyl sites for hydroxylation is 4. The van der Waals surface area contributed by atoms with Crippen molar-refractivity contribution in [3.63, 3.8) is 0 Å². The first kappa shape index (κ1) is 67.3. The molecule has 86 heavy (non-hydrogen) atoms. The lowest BCUT2D eigenvalue weighted by molar-refractivity contribution is -0.538. The molecule has 0 saturated heterocycles. The van der Waals surface area contributed by atoms with E-state index in [1.165, 1.54) is 0 Å². The first-order chi connectivity index (χ1) is 39.4. The van der Waals surface area contributed by atoms with Crippen LogP contribution in [0.4, 0.5) is 41.9 Å². The van der Waals surface area contributed by atoms with Gasteiger partial charge in [0, 0.05) is 61.6 Å². The van der Waals surface area contributed by atoms with E-state index in [9.17, 15) is 19.2 Å². The summed E-state index contributed by atoms with van der Waals surface area (Å²) in [5.41, 5.74) is 10.9. The lowest BCUT2D eigenvalue weighted by atomic mass is 10.1. The van der Waals surface area contributed by atoms with Crippen molar-refractivity contribution in [3.05, 3.63) is 131 Å². The second kappa shape index (κ2) is 27.3. The van der Waals surface area contributed by atoms with Crippen LogP contribution in [0.15, 0.2) is 109 Å². The number of hydrogen-bond donors (Lipinski definition) is 2. The number of hydrogen-bond acceptors (Lipinski definition) is 10. The van der Waals surface area contributed by atoms with Gasteiger partial charge in [0.05, 0.1) is 22.7 Å². The molecule has 0 radical (unpaired) electrons. The molecule has 0 aliphatic heterocycles. The highest BCUT2D eigenvalue weighted by Gasteiger charge is 2.31. The molecule has 458 valence electrons. The van der Waals surface area contributed by atoms with Gasteiger partial charge < -0.3 is 43.8 Å². The van der Waals surface area contributed by atoms with Crippen LogP contribution < -0.4 is 54.4 Å². The lowest BCUT2D eigenvalue weighted by Crippen LogP contribution is -3.00. The molecular weight excluding hydrogens is 1130 g/mol. The van der Waals surface area contributed by atoms with Gasteiger partial charge in [-0.15, -0.1) is 9.13 Å². The van der Waals surface area contributed by atoms with Crippen molar-refractivity contribution in [2.75, 3.05) is 33.5 Å². The van der Waals surface area contributed by atoms with Crippen LogP contribution in [0, 0.1) is 27.7 Å². The molecule has 0 fully saturated rings. The number of benzene rings is 6. The van der Waals surface area contributed by atoms with E-state index in [0.29, 0.717) is 48.7 Å². The molecule has 0 aliphatic rings. The van der Waals surface area contributed by atoms with Crippen LogP contribution >= 0.6 is 0 Å². The number of amides is 4. The molecule has 0 bridgehead atoms. The van der Waals surface area contributed by atoms with Crippen LogP contribution in [0.1, 0.15) is 144 Å². The van der Waals surface area contributed by atoms with E-state index in [0.717, 1.165) is 103 Å². The fourth-order valence-electron chi connectivity index (χ4n) is 10.2. The zero-order valence-corrected chi connectivity index (χ0v) is 54.3. The van der Waals surface area contributed by atoms with Gasteiger partial charge in [0.1, 0.15) is 44.5 Å². The first-order valence-electron chi connectivity index (χ1n) is 29.2. The van der Waals surface area contributed by atoms with Gasteiger partial charge in [0.25, 0.3) is 0 Å². The summed E-state index contributed by atoms with van der Waals surface area (Å²) in [6.07, 6.45) is 2.95. The van der Waals surface area contributed by atoms with Crippen molar-refractivity contribution in [1.82, 2.24) is 9.97 Å². The number of nitrogens with one attached hydrogen (secondary N) is 2. The molecule has 2 N–H and O–H groups in total. The van der Waals surface area contributed by atoms with Gasteiger partial charge in [-0.05, 0) is 170 Å². The maximum Gasteiger partial charge on any atom is 0.414 e. The van der Waals surface area contributed by atoms with E-state index in [1.54, 1.807) is 9.80 Å². The van der Waals surface area contributed by atoms with E-state index in [-0.39, 0.29) is 24.8 Å². The topological polar surface area (TPSA) is 169 Å². The number of rotatable bonds is 15. The van der Waals surface area contributed by atoms with Gasteiger partial charge >= 0.3 is 24.4 Å². The second-order valence-electron chi connectivity index (χ2n) is 25.8. The summed E-state index contributed by atoms with van der Waals surface area (Å²) in [5.74, 6) is 0.